The van der Waals surface area contributed by atoms with Crippen molar-refractivity contribution >= 4 is 39.3 Å². The summed E-state index contributed by atoms with van der Waals surface area (Å²) in [7, 11) is -3.54. The minimum Gasteiger partial charge on any atom is -0.207 e. The summed E-state index contributed by atoms with van der Waals surface area (Å²) in [4.78, 5) is 0.156. The Morgan fingerprint density at radius 3 is 2.15 bits per heavy atom. The summed E-state index contributed by atoms with van der Waals surface area (Å²) in [5.41, 5.74) is 0. The highest BCUT2D eigenvalue weighted by atomic mass is 35.9. The van der Waals surface area contributed by atoms with Crippen molar-refractivity contribution in [1.82, 2.24) is 4.49 Å². The van der Waals surface area contributed by atoms with Crippen LogP contribution < -0.4 is 4.49 Å². The van der Waals surface area contributed by atoms with Gasteiger partial charge < -0.3 is 0 Å². The molecule has 3 nitrogen and oxygen atoms in total. The van der Waals surface area contributed by atoms with Gasteiger partial charge in [-0.3, -0.25) is 0 Å². The van der Waals surface area contributed by atoms with Crippen LogP contribution in [0.1, 0.15) is 0 Å². The van der Waals surface area contributed by atoms with Crippen LogP contribution in [0.5, 0.6) is 0 Å². The molecule has 0 heterocycles. The second-order valence-corrected chi connectivity index (χ2v) is 7.36. The van der Waals surface area contributed by atoms with E-state index in [9.17, 15) is 8.42 Å². The van der Waals surface area contributed by atoms with Crippen LogP contribution in [0.25, 0.3) is 0 Å². The highest BCUT2D eigenvalue weighted by Crippen LogP contribution is 2.43. The number of sulfonamides is 1. The fourth-order valence-corrected chi connectivity index (χ4v) is 4.04. The number of benzene rings is 1. The SMILES string of the molecule is O=S(=O)(NP(Cl)Cl)c1ccccc1. The standard InChI is InChI=1S/C6H6Cl2NO2PS/c7-12(8)9-13(10,11)6-4-2-1-3-5-6/h1-5,9H. The Hall–Kier alpha value is 0.140. The lowest BCUT2D eigenvalue weighted by atomic mass is 10.4. The highest BCUT2D eigenvalue weighted by molar-refractivity contribution is 8.10. The third kappa shape index (κ3) is 3.41. The molecule has 72 valence electrons. The van der Waals surface area contributed by atoms with E-state index in [1.165, 1.54) is 12.1 Å². The summed E-state index contributed by atoms with van der Waals surface area (Å²) in [6.07, 6.45) is 0. The zero-order valence-electron chi connectivity index (χ0n) is 6.31. The van der Waals surface area contributed by atoms with Gasteiger partial charge in [0, 0.05) is 0 Å². The van der Waals surface area contributed by atoms with Crippen LogP contribution in [0.2, 0.25) is 0 Å². The summed E-state index contributed by atoms with van der Waals surface area (Å²) < 4.78 is 24.9. The van der Waals surface area contributed by atoms with Crippen LogP contribution >= 0.6 is 29.3 Å². The van der Waals surface area contributed by atoms with Crippen LogP contribution in [-0.2, 0) is 10.0 Å². The normalized spacial score (nSPS) is 11.9. The molecule has 0 fully saturated rings. The zero-order chi connectivity index (χ0) is 9.90. The van der Waals surface area contributed by atoms with Gasteiger partial charge >= 0.3 is 0 Å². The second-order valence-electron chi connectivity index (χ2n) is 2.14. The van der Waals surface area contributed by atoms with Crippen molar-refractivity contribution in [3.05, 3.63) is 30.3 Å². The van der Waals surface area contributed by atoms with Gasteiger partial charge in [0.25, 0.3) is 0 Å². The number of halogens is 2. The first kappa shape index (κ1) is 11.2. The van der Waals surface area contributed by atoms with Crippen molar-refractivity contribution in [2.24, 2.45) is 0 Å². The van der Waals surface area contributed by atoms with Gasteiger partial charge in [-0.05, 0) is 12.1 Å². The van der Waals surface area contributed by atoms with E-state index in [0.717, 1.165) is 0 Å². The lowest BCUT2D eigenvalue weighted by Gasteiger charge is -2.05. The fourth-order valence-electron chi connectivity index (χ4n) is 0.743. The first-order valence-electron chi connectivity index (χ1n) is 3.21. The molecule has 0 unspecified atom stereocenters. The molecule has 0 atom stereocenters. The van der Waals surface area contributed by atoms with Crippen molar-refractivity contribution in [1.29, 1.82) is 0 Å². The van der Waals surface area contributed by atoms with Gasteiger partial charge in [-0.2, -0.15) is 4.49 Å². The Kier molecular flexibility index (Phi) is 3.95. The van der Waals surface area contributed by atoms with Gasteiger partial charge in [-0.1, -0.05) is 40.7 Å². The molecular formula is C6H6Cl2NO2PS. The van der Waals surface area contributed by atoms with Crippen LogP contribution in [0.15, 0.2) is 35.2 Å². The molecule has 0 aliphatic carbocycles. The largest absolute Gasteiger partial charge is 0.245 e. The Morgan fingerprint density at radius 1 is 1.15 bits per heavy atom. The molecule has 0 amide bonds. The minimum atomic E-state index is -3.54. The predicted octanol–water partition coefficient (Wildman–Crippen LogP) is 2.67. The topological polar surface area (TPSA) is 46.2 Å². The Balaban J connectivity index is 2.96. The Bertz CT molecular complexity index is 367. The molecule has 0 saturated carbocycles. The molecule has 0 saturated heterocycles. The van der Waals surface area contributed by atoms with Gasteiger partial charge in [0.05, 0.1) is 4.90 Å². The van der Waals surface area contributed by atoms with E-state index in [1.807, 2.05) is 0 Å². The minimum absolute atomic E-state index is 0.156. The van der Waals surface area contributed by atoms with E-state index < -0.39 is 16.8 Å². The van der Waals surface area contributed by atoms with Crippen molar-refractivity contribution in [2.75, 3.05) is 0 Å². The molecule has 0 radical (unpaired) electrons. The van der Waals surface area contributed by atoms with Gasteiger partial charge in [-0.25, -0.2) is 8.42 Å². The third-order valence-corrected chi connectivity index (χ3v) is 4.89. The second kappa shape index (κ2) is 4.58. The molecule has 0 bridgehead atoms. The Morgan fingerprint density at radius 2 is 1.69 bits per heavy atom. The first-order chi connectivity index (χ1) is 6.02. The van der Waals surface area contributed by atoms with Gasteiger partial charge in [0.1, 0.15) is 0 Å². The Labute approximate surface area is 87.5 Å². The van der Waals surface area contributed by atoms with E-state index in [-0.39, 0.29) is 4.90 Å². The molecule has 13 heavy (non-hydrogen) atoms. The van der Waals surface area contributed by atoms with E-state index in [4.69, 9.17) is 22.5 Å². The number of hydrogen-bond acceptors (Lipinski definition) is 2. The summed E-state index contributed by atoms with van der Waals surface area (Å²) in [6.45, 7) is -1.71. The molecule has 0 spiro atoms. The van der Waals surface area contributed by atoms with Gasteiger partial charge in [0.15, 0.2) is 6.78 Å². The highest BCUT2D eigenvalue weighted by Gasteiger charge is 2.16. The van der Waals surface area contributed by atoms with Crippen molar-refractivity contribution < 1.29 is 8.42 Å². The maximum absolute atomic E-state index is 11.4. The lowest BCUT2D eigenvalue weighted by Crippen LogP contribution is -2.15. The van der Waals surface area contributed by atoms with E-state index in [1.54, 1.807) is 18.2 Å². The van der Waals surface area contributed by atoms with Crippen molar-refractivity contribution in [3.63, 3.8) is 0 Å². The van der Waals surface area contributed by atoms with Crippen LogP contribution in [-0.4, -0.2) is 8.42 Å². The molecule has 1 N–H and O–H groups in total. The van der Waals surface area contributed by atoms with Crippen molar-refractivity contribution in [2.45, 2.75) is 4.90 Å². The van der Waals surface area contributed by atoms with Crippen LogP contribution in [0.3, 0.4) is 0 Å². The summed E-state index contributed by atoms with van der Waals surface area (Å²) in [6, 6.07) is 7.91. The number of nitrogens with one attached hydrogen (secondary N) is 1. The van der Waals surface area contributed by atoms with Crippen LogP contribution in [0.4, 0.5) is 0 Å². The molecule has 1 rings (SSSR count). The molecule has 1 aromatic rings. The molecule has 0 aromatic heterocycles. The van der Waals surface area contributed by atoms with Crippen LogP contribution in [0, 0.1) is 0 Å². The summed E-state index contributed by atoms with van der Waals surface area (Å²) >= 11 is 10.7. The number of rotatable bonds is 3. The fraction of sp³-hybridized carbons (Fsp3) is 0. The molecule has 0 aliphatic rings. The third-order valence-electron chi connectivity index (χ3n) is 1.24. The predicted molar refractivity (Wildman–Crippen MR) is 55.4 cm³/mol. The van der Waals surface area contributed by atoms with E-state index in [0.29, 0.717) is 0 Å². The molecule has 0 aliphatic heterocycles. The maximum Gasteiger partial charge on any atom is 0.245 e. The average Bonchev–Trinajstić information content (AvgIpc) is 2.04. The number of hydrogen-bond donors (Lipinski definition) is 1. The molecular weight excluding hydrogens is 252 g/mol. The summed E-state index contributed by atoms with van der Waals surface area (Å²) in [5, 5.41) is 0. The monoisotopic (exact) mass is 257 g/mol. The lowest BCUT2D eigenvalue weighted by molar-refractivity contribution is 0.594. The van der Waals surface area contributed by atoms with E-state index >= 15 is 0 Å². The van der Waals surface area contributed by atoms with Crippen molar-refractivity contribution in [3.8, 4) is 0 Å². The summed E-state index contributed by atoms with van der Waals surface area (Å²) in [5.74, 6) is 0. The smallest absolute Gasteiger partial charge is 0.207 e. The van der Waals surface area contributed by atoms with E-state index in [2.05, 4.69) is 4.49 Å². The average molecular weight is 258 g/mol. The molecule has 1 aromatic carbocycles. The quantitative estimate of drug-likeness (QED) is 0.847. The zero-order valence-corrected chi connectivity index (χ0v) is 9.54. The molecule has 7 heteroatoms. The van der Waals surface area contributed by atoms with Gasteiger partial charge in [0.2, 0.25) is 10.0 Å². The van der Waals surface area contributed by atoms with Gasteiger partial charge in [-0.15, -0.1) is 0 Å². The maximum atomic E-state index is 11.4. The first-order valence-corrected chi connectivity index (χ1v) is 7.85.